The predicted octanol–water partition coefficient (Wildman–Crippen LogP) is 5.38. The number of anilines is 1. The summed E-state index contributed by atoms with van der Waals surface area (Å²) in [5.41, 5.74) is 1.37. The molecule has 0 spiro atoms. The average molecular weight is 485 g/mol. The highest BCUT2D eigenvalue weighted by Crippen LogP contribution is 2.40. The molecule has 0 unspecified atom stereocenters. The summed E-state index contributed by atoms with van der Waals surface area (Å²) in [5.74, 6) is -0.358. The van der Waals surface area contributed by atoms with Crippen molar-refractivity contribution < 1.29 is 23.4 Å². The first-order valence-electron chi connectivity index (χ1n) is 9.54. The SMILES string of the molecule is Cc1cc(NC(=O)N=NS(=O)(=O)c2ccccc2)ccc1-n1c(O)c2ccc(Cl)cc2c1O. The monoisotopic (exact) mass is 484 g/mol. The molecule has 2 amide bonds. The van der Waals surface area contributed by atoms with Crippen LogP contribution in [0.15, 0.2) is 81.3 Å². The molecule has 0 atom stereocenters. The number of carbonyl (C=O) groups is 1. The van der Waals surface area contributed by atoms with Crippen LogP contribution in [-0.2, 0) is 10.0 Å². The van der Waals surface area contributed by atoms with Gasteiger partial charge in [-0.1, -0.05) is 34.9 Å². The normalized spacial score (nSPS) is 11.8. The average Bonchev–Trinajstić information content (AvgIpc) is 3.03. The summed E-state index contributed by atoms with van der Waals surface area (Å²) in [6.07, 6.45) is 0. The van der Waals surface area contributed by atoms with Crippen molar-refractivity contribution in [1.82, 2.24) is 4.57 Å². The van der Waals surface area contributed by atoms with E-state index in [9.17, 15) is 23.4 Å². The van der Waals surface area contributed by atoms with Gasteiger partial charge in [0.2, 0.25) is 11.8 Å². The first-order chi connectivity index (χ1) is 15.7. The molecule has 168 valence electrons. The molecule has 0 fully saturated rings. The van der Waals surface area contributed by atoms with E-state index in [4.69, 9.17) is 11.6 Å². The van der Waals surface area contributed by atoms with Gasteiger partial charge in [0.1, 0.15) is 0 Å². The van der Waals surface area contributed by atoms with E-state index in [0.717, 1.165) is 0 Å². The van der Waals surface area contributed by atoms with E-state index in [0.29, 0.717) is 32.7 Å². The topological polar surface area (TPSA) is 133 Å². The molecule has 11 heteroatoms. The second kappa shape index (κ2) is 8.57. The number of hydrogen-bond donors (Lipinski definition) is 3. The zero-order valence-corrected chi connectivity index (χ0v) is 18.7. The Hall–Kier alpha value is -3.89. The maximum atomic E-state index is 12.1. The molecule has 3 N–H and O–H groups in total. The van der Waals surface area contributed by atoms with Crippen molar-refractivity contribution in [1.29, 1.82) is 0 Å². The third-order valence-electron chi connectivity index (χ3n) is 4.86. The van der Waals surface area contributed by atoms with E-state index in [2.05, 4.69) is 15.0 Å². The predicted molar refractivity (Wildman–Crippen MR) is 124 cm³/mol. The molecule has 3 aromatic carbocycles. The summed E-state index contributed by atoms with van der Waals surface area (Å²) < 4.78 is 28.6. The highest BCUT2D eigenvalue weighted by molar-refractivity contribution is 7.90. The number of sulfonamides is 1. The smallest absolute Gasteiger partial charge is 0.364 e. The number of hydrogen-bond acceptors (Lipinski definition) is 5. The van der Waals surface area contributed by atoms with Crippen LogP contribution in [0.4, 0.5) is 10.5 Å². The van der Waals surface area contributed by atoms with Crippen LogP contribution in [0.2, 0.25) is 5.02 Å². The minimum Gasteiger partial charge on any atom is -0.494 e. The maximum absolute atomic E-state index is 12.1. The number of nitrogens with zero attached hydrogens (tertiary/aromatic N) is 3. The fraction of sp³-hybridized carbons (Fsp3) is 0.0455. The highest BCUT2D eigenvalue weighted by Gasteiger charge is 2.19. The van der Waals surface area contributed by atoms with Crippen molar-refractivity contribution >= 4 is 44.1 Å². The Labute approximate surface area is 193 Å². The summed E-state index contributed by atoms with van der Waals surface area (Å²) in [5, 5.41) is 28.1. The van der Waals surface area contributed by atoms with Crippen LogP contribution in [0.25, 0.3) is 16.5 Å². The van der Waals surface area contributed by atoms with E-state index in [1.54, 1.807) is 43.3 Å². The van der Waals surface area contributed by atoms with Gasteiger partial charge in [-0.3, -0.25) is 4.57 Å². The van der Waals surface area contributed by atoms with Gasteiger partial charge in [0, 0.05) is 21.5 Å². The Bertz CT molecular complexity index is 1520. The van der Waals surface area contributed by atoms with E-state index < -0.39 is 16.1 Å². The number of benzene rings is 3. The molecule has 0 radical (unpaired) electrons. The summed E-state index contributed by atoms with van der Waals surface area (Å²) in [6.45, 7) is 1.71. The molecule has 33 heavy (non-hydrogen) atoms. The van der Waals surface area contributed by atoms with Crippen molar-refractivity contribution in [2.24, 2.45) is 9.63 Å². The second-order valence-electron chi connectivity index (χ2n) is 7.07. The minimum atomic E-state index is -4.09. The van der Waals surface area contributed by atoms with E-state index in [-0.39, 0.29) is 16.7 Å². The highest BCUT2D eigenvalue weighted by atomic mass is 35.5. The Kier molecular flexibility index (Phi) is 5.79. The molecule has 4 rings (SSSR count). The number of urea groups is 1. The molecular weight excluding hydrogens is 468 g/mol. The zero-order chi connectivity index (χ0) is 23.8. The number of aromatic hydroxyl groups is 2. The number of aryl methyl sites for hydroxylation is 1. The molecule has 0 bridgehead atoms. The molecular formula is C22H17ClN4O5S. The fourth-order valence-electron chi connectivity index (χ4n) is 3.33. The standard InChI is InChI=1S/C22H17ClN4O5S/c1-13-11-15(24-22(30)25-26-33(31,32)16-5-3-2-4-6-16)8-10-19(13)27-20(28)17-9-7-14(23)12-18(17)21(27)29/h2-12,28-29H,1H3,(H,24,30). The van der Waals surface area contributed by atoms with E-state index >= 15 is 0 Å². The van der Waals surface area contributed by atoms with Gasteiger partial charge in [0.25, 0.3) is 10.0 Å². The number of fused-ring (bicyclic) bond motifs is 1. The molecule has 0 aliphatic rings. The van der Waals surface area contributed by atoms with Crippen molar-refractivity contribution in [2.75, 3.05) is 5.32 Å². The fourth-order valence-corrected chi connectivity index (χ4v) is 4.28. The Morgan fingerprint density at radius 1 is 0.970 bits per heavy atom. The first kappa shape index (κ1) is 22.3. The second-order valence-corrected chi connectivity index (χ2v) is 9.09. The van der Waals surface area contributed by atoms with Crippen LogP contribution < -0.4 is 5.32 Å². The van der Waals surface area contributed by atoms with Crippen LogP contribution in [0.3, 0.4) is 0 Å². The Balaban J connectivity index is 1.58. The maximum Gasteiger partial charge on any atom is 0.364 e. The molecule has 0 aliphatic carbocycles. The molecule has 1 heterocycles. The Morgan fingerprint density at radius 2 is 1.67 bits per heavy atom. The zero-order valence-electron chi connectivity index (χ0n) is 17.1. The van der Waals surface area contributed by atoms with Crippen LogP contribution in [0.1, 0.15) is 5.56 Å². The quantitative estimate of drug-likeness (QED) is 0.334. The molecule has 9 nitrogen and oxygen atoms in total. The van der Waals surface area contributed by atoms with Gasteiger partial charge in [0.15, 0.2) is 0 Å². The van der Waals surface area contributed by atoms with Crippen LogP contribution in [-0.4, -0.2) is 29.2 Å². The Morgan fingerprint density at radius 3 is 2.36 bits per heavy atom. The lowest BCUT2D eigenvalue weighted by molar-refractivity contribution is 0.258. The van der Waals surface area contributed by atoms with Gasteiger partial charge in [0.05, 0.1) is 10.6 Å². The van der Waals surface area contributed by atoms with E-state index in [1.807, 2.05) is 0 Å². The first-order valence-corrected chi connectivity index (χ1v) is 11.4. The number of nitrogens with one attached hydrogen (secondary N) is 1. The van der Waals surface area contributed by atoms with Gasteiger partial charge in [-0.15, -0.1) is 0 Å². The third-order valence-corrected chi connectivity index (χ3v) is 6.26. The summed E-state index contributed by atoms with van der Waals surface area (Å²) in [4.78, 5) is 12.0. The molecule has 0 saturated carbocycles. The number of rotatable bonds is 4. The summed E-state index contributed by atoms with van der Waals surface area (Å²) in [7, 11) is -4.09. The minimum absolute atomic E-state index is 0.0817. The number of halogens is 1. The molecule has 4 aromatic rings. The molecule has 0 aliphatic heterocycles. The molecule has 1 aromatic heterocycles. The van der Waals surface area contributed by atoms with Gasteiger partial charge in [-0.25, -0.2) is 4.79 Å². The number of aromatic nitrogens is 1. The van der Waals surface area contributed by atoms with E-state index in [1.165, 1.54) is 34.9 Å². The van der Waals surface area contributed by atoms with Crippen molar-refractivity contribution in [3.8, 4) is 17.4 Å². The number of amides is 2. The lowest BCUT2D eigenvalue weighted by Gasteiger charge is -2.12. The lowest BCUT2D eigenvalue weighted by Crippen LogP contribution is -2.07. The lowest BCUT2D eigenvalue weighted by atomic mass is 10.1. The van der Waals surface area contributed by atoms with Gasteiger partial charge in [-0.05, 0) is 65.5 Å². The van der Waals surface area contributed by atoms with Crippen LogP contribution >= 0.6 is 11.6 Å². The van der Waals surface area contributed by atoms with Crippen molar-refractivity contribution in [2.45, 2.75) is 11.8 Å². The van der Waals surface area contributed by atoms with Crippen molar-refractivity contribution in [3.63, 3.8) is 0 Å². The number of carbonyl (C=O) groups excluding carboxylic acids is 1. The van der Waals surface area contributed by atoms with Gasteiger partial charge in [-0.2, -0.15) is 8.42 Å². The summed E-state index contributed by atoms with van der Waals surface area (Å²) >= 11 is 5.99. The third kappa shape index (κ3) is 4.38. The van der Waals surface area contributed by atoms with Gasteiger partial charge < -0.3 is 15.5 Å². The molecule has 0 saturated heterocycles. The van der Waals surface area contributed by atoms with Gasteiger partial charge >= 0.3 is 6.03 Å². The van der Waals surface area contributed by atoms with Crippen LogP contribution in [0.5, 0.6) is 11.8 Å². The van der Waals surface area contributed by atoms with Crippen molar-refractivity contribution in [3.05, 3.63) is 77.3 Å². The summed E-state index contributed by atoms with van der Waals surface area (Å²) in [6, 6.07) is 15.8. The largest absolute Gasteiger partial charge is 0.494 e. The van der Waals surface area contributed by atoms with Crippen LogP contribution in [0, 0.1) is 6.92 Å².